The molecule has 0 spiro atoms. The molecule has 0 aliphatic carbocycles. The molecule has 1 rings (SSSR count). The van der Waals surface area contributed by atoms with Gasteiger partial charge in [-0.1, -0.05) is 19.6 Å². The second-order valence-corrected chi connectivity index (χ2v) is 11.3. The topological polar surface area (TPSA) is 55.4 Å². The first kappa shape index (κ1) is 15.4. The summed E-state index contributed by atoms with van der Waals surface area (Å²) in [5.74, 6) is 0.00395. The van der Waals surface area contributed by atoms with Crippen molar-refractivity contribution in [3.05, 3.63) is 29.8 Å². The van der Waals surface area contributed by atoms with E-state index in [1.165, 1.54) is 6.92 Å². The van der Waals surface area contributed by atoms with Crippen molar-refractivity contribution >= 4 is 25.6 Å². The lowest BCUT2D eigenvalue weighted by Gasteiger charge is -2.15. The molecular weight excluding hydrogens is 258 g/mol. The number of rotatable bonds is 5. The summed E-state index contributed by atoms with van der Waals surface area (Å²) in [6.07, 6.45) is -0.450. The maximum Gasteiger partial charge on any atom is 0.411 e. The van der Waals surface area contributed by atoms with Gasteiger partial charge in [0.15, 0.2) is 5.78 Å². The Hall–Kier alpha value is -1.62. The highest BCUT2D eigenvalue weighted by Gasteiger charge is 2.13. The zero-order chi connectivity index (χ0) is 14.5. The van der Waals surface area contributed by atoms with E-state index in [-0.39, 0.29) is 5.78 Å². The van der Waals surface area contributed by atoms with Crippen LogP contribution in [0.4, 0.5) is 10.5 Å². The van der Waals surface area contributed by atoms with Gasteiger partial charge in [0.2, 0.25) is 0 Å². The zero-order valence-electron chi connectivity index (χ0n) is 11.9. The fraction of sp³-hybridized carbons (Fsp3) is 0.429. The van der Waals surface area contributed by atoms with E-state index in [1.807, 2.05) is 0 Å². The zero-order valence-corrected chi connectivity index (χ0v) is 12.9. The van der Waals surface area contributed by atoms with Crippen LogP contribution >= 0.6 is 0 Å². The molecule has 4 nitrogen and oxygen atoms in total. The maximum atomic E-state index is 11.5. The van der Waals surface area contributed by atoms with Crippen LogP contribution in [0.2, 0.25) is 25.7 Å². The van der Waals surface area contributed by atoms with Crippen LogP contribution in [0.1, 0.15) is 17.3 Å². The van der Waals surface area contributed by atoms with Gasteiger partial charge in [0.1, 0.15) is 0 Å². The minimum absolute atomic E-state index is 0.00395. The summed E-state index contributed by atoms with van der Waals surface area (Å²) < 4.78 is 5.12. The summed E-state index contributed by atoms with van der Waals surface area (Å²) in [5, 5.41) is 2.64. The number of anilines is 1. The van der Waals surface area contributed by atoms with Crippen LogP contribution in [-0.2, 0) is 4.74 Å². The van der Waals surface area contributed by atoms with Gasteiger partial charge in [-0.25, -0.2) is 4.79 Å². The predicted molar refractivity (Wildman–Crippen MR) is 79.6 cm³/mol. The third-order valence-corrected chi connectivity index (χ3v) is 4.33. The van der Waals surface area contributed by atoms with E-state index in [2.05, 4.69) is 25.0 Å². The fourth-order valence-corrected chi connectivity index (χ4v) is 2.11. The van der Waals surface area contributed by atoms with E-state index in [0.717, 1.165) is 6.04 Å². The number of ketones is 1. The van der Waals surface area contributed by atoms with Crippen LogP contribution in [0, 0.1) is 0 Å². The molecule has 0 fully saturated rings. The first-order chi connectivity index (χ1) is 8.78. The van der Waals surface area contributed by atoms with Gasteiger partial charge in [0.05, 0.1) is 6.61 Å². The Bertz CT molecular complexity index is 449. The minimum Gasteiger partial charge on any atom is -0.450 e. The van der Waals surface area contributed by atoms with Crippen molar-refractivity contribution in [2.75, 3.05) is 11.9 Å². The van der Waals surface area contributed by atoms with Gasteiger partial charge < -0.3 is 4.74 Å². The molecule has 0 aliphatic rings. The summed E-state index contributed by atoms with van der Waals surface area (Å²) in [6, 6.07) is 7.69. The van der Waals surface area contributed by atoms with E-state index in [0.29, 0.717) is 17.9 Å². The van der Waals surface area contributed by atoms with E-state index < -0.39 is 14.2 Å². The Balaban J connectivity index is 2.42. The second-order valence-electron chi connectivity index (χ2n) is 5.71. The molecule has 1 aromatic carbocycles. The molecule has 1 amide bonds. The molecule has 104 valence electrons. The van der Waals surface area contributed by atoms with Crippen molar-refractivity contribution in [2.24, 2.45) is 0 Å². The largest absolute Gasteiger partial charge is 0.450 e. The second kappa shape index (κ2) is 6.52. The molecule has 0 atom stereocenters. The number of Topliss-reactive ketones (excluding diaryl/α,β-unsaturated/α-hetero) is 1. The molecule has 0 unspecified atom stereocenters. The number of hydrogen-bond donors (Lipinski definition) is 1. The molecule has 1 aromatic rings. The number of ether oxygens (including phenoxy) is 1. The van der Waals surface area contributed by atoms with Gasteiger partial charge in [-0.2, -0.15) is 0 Å². The van der Waals surface area contributed by atoms with Crippen molar-refractivity contribution in [1.29, 1.82) is 0 Å². The number of hydrogen-bond acceptors (Lipinski definition) is 3. The quantitative estimate of drug-likeness (QED) is 0.659. The fourth-order valence-electron chi connectivity index (χ4n) is 1.39. The molecule has 0 bridgehead atoms. The van der Waals surface area contributed by atoms with Crippen molar-refractivity contribution < 1.29 is 14.3 Å². The summed E-state index contributed by atoms with van der Waals surface area (Å²) in [6.45, 7) is 8.65. The molecule has 0 saturated carbocycles. The van der Waals surface area contributed by atoms with Gasteiger partial charge in [0.25, 0.3) is 0 Å². The van der Waals surface area contributed by atoms with E-state index in [4.69, 9.17) is 4.74 Å². The monoisotopic (exact) mass is 279 g/mol. The normalized spacial score (nSPS) is 10.9. The van der Waals surface area contributed by atoms with Gasteiger partial charge in [0, 0.05) is 19.3 Å². The highest BCUT2D eigenvalue weighted by molar-refractivity contribution is 6.76. The number of carbonyl (C=O) groups excluding carboxylic acids is 2. The summed E-state index contributed by atoms with van der Waals surface area (Å²) >= 11 is 0. The molecule has 19 heavy (non-hydrogen) atoms. The van der Waals surface area contributed by atoms with Crippen LogP contribution in [0.25, 0.3) is 0 Å². The van der Waals surface area contributed by atoms with E-state index in [9.17, 15) is 9.59 Å². The lowest BCUT2D eigenvalue weighted by Crippen LogP contribution is -2.24. The number of amides is 1. The smallest absolute Gasteiger partial charge is 0.411 e. The molecule has 0 heterocycles. The van der Waals surface area contributed by atoms with Crippen molar-refractivity contribution in [3.8, 4) is 0 Å². The highest BCUT2D eigenvalue weighted by atomic mass is 28.3. The molecule has 0 aliphatic heterocycles. The average molecular weight is 279 g/mol. The van der Waals surface area contributed by atoms with Gasteiger partial charge in [-0.3, -0.25) is 10.1 Å². The van der Waals surface area contributed by atoms with Gasteiger partial charge in [-0.15, -0.1) is 0 Å². The molecular formula is C14H21NO3Si. The Labute approximate surface area is 115 Å². The summed E-state index contributed by atoms with van der Waals surface area (Å²) in [5.41, 5.74) is 1.25. The molecule has 0 saturated heterocycles. The minimum atomic E-state index is -1.18. The van der Waals surface area contributed by atoms with E-state index >= 15 is 0 Å². The van der Waals surface area contributed by atoms with Crippen LogP contribution in [0.3, 0.4) is 0 Å². The van der Waals surface area contributed by atoms with Crippen LogP contribution in [0.15, 0.2) is 24.3 Å². The van der Waals surface area contributed by atoms with Crippen molar-refractivity contribution in [3.63, 3.8) is 0 Å². The Morgan fingerprint density at radius 2 is 1.74 bits per heavy atom. The maximum absolute atomic E-state index is 11.5. The number of carbonyl (C=O) groups is 2. The van der Waals surface area contributed by atoms with Crippen LogP contribution < -0.4 is 5.32 Å². The highest BCUT2D eigenvalue weighted by Crippen LogP contribution is 2.11. The van der Waals surface area contributed by atoms with Crippen molar-refractivity contribution in [1.82, 2.24) is 0 Å². The van der Waals surface area contributed by atoms with E-state index in [1.54, 1.807) is 24.3 Å². The predicted octanol–water partition coefficient (Wildman–Crippen LogP) is 3.78. The Morgan fingerprint density at radius 3 is 2.21 bits per heavy atom. The number of nitrogens with one attached hydrogen (secondary N) is 1. The summed E-state index contributed by atoms with van der Waals surface area (Å²) in [7, 11) is -1.18. The summed E-state index contributed by atoms with van der Waals surface area (Å²) in [4.78, 5) is 22.6. The van der Waals surface area contributed by atoms with Crippen LogP contribution in [0.5, 0.6) is 0 Å². The first-order valence-corrected chi connectivity index (χ1v) is 10.0. The number of benzene rings is 1. The van der Waals surface area contributed by atoms with Crippen LogP contribution in [-0.4, -0.2) is 26.6 Å². The third-order valence-electron chi connectivity index (χ3n) is 2.62. The SMILES string of the molecule is CC(=O)c1ccc(NC(=O)OCC[Si](C)(C)C)cc1. The first-order valence-electron chi connectivity index (χ1n) is 6.33. The van der Waals surface area contributed by atoms with Gasteiger partial charge >= 0.3 is 6.09 Å². The Kier molecular flexibility index (Phi) is 5.29. The molecule has 0 radical (unpaired) electrons. The van der Waals surface area contributed by atoms with Gasteiger partial charge in [-0.05, 0) is 37.2 Å². The molecule has 5 heteroatoms. The Morgan fingerprint density at radius 1 is 1.16 bits per heavy atom. The standard InChI is InChI=1S/C14H21NO3Si/c1-11(16)12-5-7-13(8-6-12)15-14(17)18-9-10-19(2,3)4/h5-8H,9-10H2,1-4H3,(H,15,17). The molecule has 1 N–H and O–H groups in total. The lowest BCUT2D eigenvalue weighted by molar-refractivity contribution is 0.101. The average Bonchev–Trinajstić information content (AvgIpc) is 2.27. The molecule has 0 aromatic heterocycles. The lowest BCUT2D eigenvalue weighted by atomic mass is 10.1. The third kappa shape index (κ3) is 6.19. The van der Waals surface area contributed by atoms with Crippen molar-refractivity contribution in [2.45, 2.75) is 32.6 Å².